The molecule has 1 aromatic rings. The monoisotopic (exact) mass is 318 g/mol. The Bertz CT molecular complexity index is 448. The summed E-state index contributed by atoms with van der Waals surface area (Å²) >= 11 is 9.54. The highest BCUT2D eigenvalue weighted by Crippen LogP contribution is 2.61. The molecule has 0 saturated carbocycles. The van der Waals surface area contributed by atoms with Gasteiger partial charge < -0.3 is 9.47 Å². The maximum Gasteiger partial charge on any atom is 0.357 e. The van der Waals surface area contributed by atoms with Crippen molar-refractivity contribution >= 4 is 33.5 Å². The van der Waals surface area contributed by atoms with E-state index in [0.717, 1.165) is 10.0 Å². The van der Waals surface area contributed by atoms with Crippen LogP contribution in [0.3, 0.4) is 0 Å². The third kappa shape index (κ3) is 1.79. The first-order valence-electron chi connectivity index (χ1n) is 5.23. The summed E-state index contributed by atoms with van der Waals surface area (Å²) < 4.78 is 11.1. The lowest BCUT2D eigenvalue weighted by Crippen LogP contribution is -2.28. The lowest BCUT2D eigenvalue weighted by molar-refractivity contribution is -0.143. The number of hydrogen-bond acceptors (Lipinski definition) is 3. The van der Waals surface area contributed by atoms with E-state index in [0.29, 0.717) is 6.42 Å². The van der Waals surface area contributed by atoms with E-state index in [4.69, 9.17) is 16.3 Å². The van der Waals surface area contributed by atoms with Crippen LogP contribution in [-0.4, -0.2) is 18.1 Å². The molecular weight excluding hydrogens is 307 g/mol. The van der Waals surface area contributed by atoms with Crippen LogP contribution in [0, 0.1) is 0 Å². The third-order valence-corrected chi connectivity index (χ3v) is 4.11. The highest BCUT2D eigenvalue weighted by Gasteiger charge is 2.75. The zero-order valence-electron chi connectivity index (χ0n) is 9.50. The van der Waals surface area contributed by atoms with Gasteiger partial charge in [0, 0.05) is 4.47 Å². The molecule has 2 atom stereocenters. The van der Waals surface area contributed by atoms with E-state index in [-0.39, 0.29) is 0 Å². The van der Waals surface area contributed by atoms with Crippen LogP contribution in [0.15, 0.2) is 28.7 Å². The van der Waals surface area contributed by atoms with Crippen LogP contribution in [-0.2, 0) is 19.9 Å². The molecule has 5 heteroatoms. The van der Waals surface area contributed by atoms with Crippen LogP contribution in [0.2, 0.25) is 0 Å². The van der Waals surface area contributed by atoms with Gasteiger partial charge in [-0.15, -0.1) is 0 Å². The number of methoxy groups -OCH3 is 1. The van der Waals surface area contributed by atoms with Gasteiger partial charge in [-0.1, -0.05) is 46.6 Å². The minimum Gasteiger partial charge on any atom is -0.466 e. The van der Waals surface area contributed by atoms with Crippen molar-refractivity contribution < 1.29 is 14.3 Å². The zero-order valence-corrected chi connectivity index (χ0v) is 11.8. The van der Waals surface area contributed by atoms with Gasteiger partial charge in [0.1, 0.15) is 0 Å². The average molecular weight is 320 g/mol. The number of halogens is 2. The van der Waals surface area contributed by atoms with Crippen LogP contribution in [0.5, 0.6) is 0 Å². The lowest BCUT2D eigenvalue weighted by Gasteiger charge is -2.13. The Morgan fingerprint density at radius 3 is 2.53 bits per heavy atom. The number of carbonyl (C=O) groups is 1. The summed E-state index contributed by atoms with van der Waals surface area (Å²) in [7, 11) is 1.30. The van der Waals surface area contributed by atoms with Crippen molar-refractivity contribution in [1.82, 2.24) is 0 Å². The number of alkyl halides is 1. The largest absolute Gasteiger partial charge is 0.466 e. The van der Waals surface area contributed by atoms with Gasteiger partial charge in [-0.2, -0.15) is 0 Å². The molecule has 2 rings (SSSR count). The Labute approximate surface area is 113 Å². The van der Waals surface area contributed by atoms with E-state index in [1.165, 1.54) is 7.11 Å². The normalized spacial score (nSPS) is 31.1. The Kier molecular flexibility index (Phi) is 3.23. The van der Waals surface area contributed by atoms with Gasteiger partial charge in [-0.25, -0.2) is 4.79 Å². The van der Waals surface area contributed by atoms with Gasteiger partial charge in [-0.3, -0.25) is 0 Å². The van der Waals surface area contributed by atoms with Crippen LogP contribution in [0.25, 0.3) is 0 Å². The molecule has 0 bridgehead atoms. The molecule has 0 spiro atoms. The summed E-state index contributed by atoms with van der Waals surface area (Å²) in [4.78, 5) is 11.6. The predicted octanol–water partition coefficient (Wildman–Crippen LogP) is 3.19. The number of hydrogen-bond donors (Lipinski definition) is 0. The Balaban J connectivity index is 2.36. The van der Waals surface area contributed by atoms with Gasteiger partial charge in [0.2, 0.25) is 0 Å². The number of rotatable bonds is 3. The molecule has 92 valence electrons. The Morgan fingerprint density at radius 1 is 1.47 bits per heavy atom. The van der Waals surface area contributed by atoms with E-state index in [1.54, 1.807) is 0 Å². The molecule has 17 heavy (non-hydrogen) atoms. The van der Waals surface area contributed by atoms with Gasteiger partial charge in [0.15, 0.2) is 5.60 Å². The summed E-state index contributed by atoms with van der Waals surface area (Å²) in [5, 5.41) is -1.38. The smallest absolute Gasteiger partial charge is 0.357 e. The molecule has 1 fully saturated rings. The molecule has 1 aromatic carbocycles. The second kappa shape index (κ2) is 4.26. The second-order valence-electron chi connectivity index (χ2n) is 3.88. The van der Waals surface area contributed by atoms with Gasteiger partial charge >= 0.3 is 5.97 Å². The van der Waals surface area contributed by atoms with E-state index < -0.39 is 16.6 Å². The van der Waals surface area contributed by atoms with E-state index >= 15 is 0 Å². The predicted molar refractivity (Wildman–Crippen MR) is 67.8 cm³/mol. The average Bonchev–Trinajstić information content (AvgIpc) is 2.97. The van der Waals surface area contributed by atoms with Crippen molar-refractivity contribution in [3.05, 3.63) is 34.3 Å². The molecule has 1 heterocycles. The number of carbonyl (C=O) groups excluding carboxylic acids is 1. The summed E-state index contributed by atoms with van der Waals surface area (Å²) in [5.41, 5.74) is 0.103. The fraction of sp³-hybridized carbons (Fsp3) is 0.417. The molecule has 0 radical (unpaired) electrons. The molecule has 2 unspecified atom stereocenters. The van der Waals surface area contributed by atoms with Gasteiger partial charge in [-0.05, 0) is 24.1 Å². The summed E-state index contributed by atoms with van der Waals surface area (Å²) in [5.74, 6) is -0.552. The molecule has 0 aromatic heterocycles. The van der Waals surface area contributed by atoms with Crippen molar-refractivity contribution in [2.75, 3.05) is 7.11 Å². The van der Waals surface area contributed by atoms with Gasteiger partial charge in [0.25, 0.3) is 5.06 Å². The first-order chi connectivity index (χ1) is 8.00. The molecular formula is C12H12BrClO3. The van der Waals surface area contributed by atoms with E-state index in [9.17, 15) is 4.79 Å². The summed E-state index contributed by atoms with van der Waals surface area (Å²) in [6.07, 6.45) is 0.604. The minimum absolute atomic E-state index is 0.552. The molecule has 0 N–H and O–H groups in total. The first kappa shape index (κ1) is 12.9. The number of esters is 1. The first-order valence-corrected chi connectivity index (χ1v) is 6.41. The third-order valence-electron chi connectivity index (χ3n) is 3.05. The summed E-state index contributed by atoms with van der Waals surface area (Å²) in [6, 6.07) is 7.56. The maximum absolute atomic E-state index is 11.6. The maximum atomic E-state index is 11.6. The van der Waals surface area contributed by atoms with Crippen molar-refractivity contribution in [1.29, 1.82) is 0 Å². The second-order valence-corrected chi connectivity index (χ2v) is 5.32. The van der Waals surface area contributed by atoms with Gasteiger partial charge in [0.05, 0.1) is 7.11 Å². The standard InChI is InChI=1S/C12H12BrClO3/c1-3-11(8-4-6-9(13)7-5-8)12(14,17-11)10(15)16-2/h4-7H,3H2,1-2H3. The minimum atomic E-state index is -1.38. The fourth-order valence-corrected chi connectivity index (χ4v) is 2.74. The molecule has 1 saturated heterocycles. The lowest BCUT2D eigenvalue weighted by atomic mass is 9.92. The van der Waals surface area contributed by atoms with Crippen molar-refractivity contribution in [2.45, 2.75) is 24.0 Å². The van der Waals surface area contributed by atoms with E-state index in [2.05, 4.69) is 20.7 Å². The molecule has 0 aliphatic carbocycles. The quantitative estimate of drug-likeness (QED) is 0.488. The van der Waals surface area contributed by atoms with Crippen LogP contribution >= 0.6 is 27.5 Å². The van der Waals surface area contributed by atoms with Crippen LogP contribution < -0.4 is 0 Å². The molecule has 1 aliphatic rings. The highest BCUT2D eigenvalue weighted by molar-refractivity contribution is 9.10. The molecule has 3 nitrogen and oxygen atoms in total. The van der Waals surface area contributed by atoms with Crippen molar-refractivity contribution in [3.8, 4) is 0 Å². The van der Waals surface area contributed by atoms with Crippen LogP contribution in [0.4, 0.5) is 0 Å². The topological polar surface area (TPSA) is 38.8 Å². The SMILES string of the molecule is CCC1(c2ccc(Br)cc2)OC1(Cl)C(=O)OC. The van der Waals surface area contributed by atoms with Crippen molar-refractivity contribution in [2.24, 2.45) is 0 Å². The van der Waals surface area contributed by atoms with E-state index in [1.807, 2.05) is 31.2 Å². The fourth-order valence-electron chi connectivity index (χ4n) is 2.02. The summed E-state index contributed by atoms with van der Waals surface area (Å²) in [6.45, 7) is 1.93. The Morgan fingerprint density at radius 2 is 2.06 bits per heavy atom. The molecule has 0 amide bonds. The van der Waals surface area contributed by atoms with Crippen molar-refractivity contribution in [3.63, 3.8) is 0 Å². The molecule has 1 aliphatic heterocycles. The number of ether oxygens (including phenoxy) is 2. The number of benzene rings is 1. The highest BCUT2D eigenvalue weighted by atomic mass is 79.9. The number of epoxide rings is 1. The Hall–Kier alpha value is -0.580. The zero-order chi connectivity index (χ0) is 12.7. The van der Waals surface area contributed by atoms with Crippen LogP contribution in [0.1, 0.15) is 18.9 Å².